The Morgan fingerprint density at radius 1 is 1.09 bits per heavy atom. The largest absolute Gasteiger partial charge is 0.355 e. The Hall–Kier alpha value is -2.43. The fraction of sp³-hybridized carbons (Fsp3) is 0.353. The van der Waals surface area contributed by atoms with Crippen molar-refractivity contribution in [1.29, 1.82) is 0 Å². The van der Waals surface area contributed by atoms with Gasteiger partial charge in [-0.2, -0.15) is 0 Å². The molecule has 0 saturated carbocycles. The second-order valence-corrected chi connectivity index (χ2v) is 5.58. The minimum atomic E-state index is -0.230. The predicted molar refractivity (Wildman–Crippen MR) is 87.2 cm³/mol. The molecule has 2 heterocycles. The number of carbonyl (C=O) groups excluding carboxylic acids is 1. The maximum Gasteiger partial charge on any atom is 0.275 e. The van der Waals surface area contributed by atoms with Crippen molar-refractivity contribution in [3.8, 4) is 0 Å². The highest BCUT2D eigenvalue weighted by Crippen LogP contribution is 2.17. The molecule has 0 aliphatic carbocycles. The van der Waals surface area contributed by atoms with Gasteiger partial charge in [0.15, 0.2) is 0 Å². The van der Waals surface area contributed by atoms with Crippen LogP contribution in [0.3, 0.4) is 0 Å². The van der Waals surface area contributed by atoms with Crippen LogP contribution >= 0.6 is 0 Å². The van der Waals surface area contributed by atoms with E-state index in [1.54, 1.807) is 12.4 Å². The number of para-hydroxylation sites is 1. The first kappa shape index (κ1) is 14.5. The molecule has 0 radical (unpaired) electrons. The first-order valence-electron chi connectivity index (χ1n) is 7.68. The molecule has 22 heavy (non-hydrogen) atoms. The summed E-state index contributed by atoms with van der Waals surface area (Å²) in [5.74, 6) is 0.624. The molecular formula is C17H20N4O. The molecule has 1 aromatic carbocycles. The Morgan fingerprint density at radius 2 is 1.86 bits per heavy atom. The summed E-state index contributed by atoms with van der Waals surface area (Å²) < 4.78 is 0. The molecule has 3 rings (SSSR count). The van der Waals surface area contributed by atoms with E-state index in [4.69, 9.17) is 0 Å². The van der Waals surface area contributed by atoms with Crippen LogP contribution in [0.4, 0.5) is 11.5 Å². The molecule has 114 valence electrons. The van der Waals surface area contributed by atoms with Gasteiger partial charge in [-0.3, -0.25) is 4.79 Å². The Labute approximate surface area is 130 Å². The molecule has 0 atom stereocenters. The maximum absolute atomic E-state index is 12.2. The number of rotatable bonds is 3. The normalized spacial score (nSPS) is 14.7. The molecule has 0 spiro atoms. The van der Waals surface area contributed by atoms with Crippen LogP contribution in [0.1, 0.15) is 35.3 Å². The van der Waals surface area contributed by atoms with E-state index in [2.05, 4.69) is 20.2 Å². The van der Waals surface area contributed by atoms with Crippen LogP contribution in [0.5, 0.6) is 0 Å². The number of aryl methyl sites for hydroxylation is 1. The molecule has 1 fully saturated rings. The van der Waals surface area contributed by atoms with Gasteiger partial charge in [0.05, 0.1) is 12.4 Å². The van der Waals surface area contributed by atoms with Crippen molar-refractivity contribution in [2.75, 3.05) is 23.3 Å². The third-order valence-corrected chi connectivity index (χ3v) is 3.94. The third kappa shape index (κ3) is 3.24. The number of anilines is 2. The van der Waals surface area contributed by atoms with E-state index in [0.717, 1.165) is 30.2 Å². The summed E-state index contributed by atoms with van der Waals surface area (Å²) in [5, 5.41) is 2.87. The Morgan fingerprint density at radius 3 is 2.55 bits per heavy atom. The summed E-state index contributed by atoms with van der Waals surface area (Å²) in [6.07, 6.45) is 6.91. The van der Waals surface area contributed by atoms with Gasteiger partial charge in [0.25, 0.3) is 5.91 Å². The summed E-state index contributed by atoms with van der Waals surface area (Å²) in [6.45, 7) is 3.99. The Kier molecular flexibility index (Phi) is 4.32. The number of aromatic nitrogens is 2. The van der Waals surface area contributed by atoms with Crippen molar-refractivity contribution in [1.82, 2.24) is 9.97 Å². The highest BCUT2D eigenvalue weighted by atomic mass is 16.1. The average Bonchev–Trinajstić information content (AvgIpc) is 2.58. The van der Waals surface area contributed by atoms with Crippen LogP contribution in [-0.2, 0) is 0 Å². The maximum atomic E-state index is 12.2. The van der Waals surface area contributed by atoms with Gasteiger partial charge in [-0.05, 0) is 37.8 Å². The van der Waals surface area contributed by atoms with Crippen LogP contribution in [0, 0.1) is 6.92 Å². The number of nitrogens with zero attached hydrogens (tertiary/aromatic N) is 3. The van der Waals surface area contributed by atoms with Gasteiger partial charge in [0.2, 0.25) is 0 Å². The second kappa shape index (κ2) is 6.56. The molecular weight excluding hydrogens is 276 g/mol. The van der Waals surface area contributed by atoms with Gasteiger partial charge in [-0.25, -0.2) is 9.97 Å². The molecule has 0 bridgehead atoms. The predicted octanol–water partition coefficient (Wildman–Crippen LogP) is 3.03. The highest BCUT2D eigenvalue weighted by molar-refractivity contribution is 6.03. The first-order chi connectivity index (χ1) is 10.7. The molecule has 1 N–H and O–H groups in total. The van der Waals surface area contributed by atoms with Crippen molar-refractivity contribution >= 4 is 17.4 Å². The Bertz CT molecular complexity index is 648. The minimum absolute atomic E-state index is 0.230. The zero-order chi connectivity index (χ0) is 15.4. The van der Waals surface area contributed by atoms with Crippen LogP contribution in [0.15, 0.2) is 36.7 Å². The molecule has 1 aliphatic heterocycles. The van der Waals surface area contributed by atoms with E-state index < -0.39 is 0 Å². The van der Waals surface area contributed by atoms with E-state index in [1.807, 2.05) is 31.2 Å². The van der Waals surface area contributed by atoms with Gasteiger partial charge >= 0.3 is 0 Å². The fourth-order valence-electron chi connectivity index (χ4n) is 2.62. The van der Waals surface area contributed by atoms with Crippen molar-refractivity contribution in [3.05, 3.63) is 47.9 Å². The number of hydrogen-bond donors (Lipinski definition) is 1. The lowest BCUT2D eigenvalue weighted by atomic mass is 10.1. The third-order valence-electron chi connectivity index (χ3n) is 3.94. The first-order valence-corrected chi connectivity index (χ1v) is 7.68. The molecule has 5 heteroatoms. The molecule has 1 aromatic heterocycles. The number of piperidine rings is 1. The molecule has 1 amide bonds. The number of nitrogens with one attached hydrogen (secondary N) is 1. The lowest BCUT2D eigenvalue weighted by Crippen LogP contribution is -2.30. The smallest absolute Gasteiger partial charge is 0.275 e. The van der Waals surface area contributed by atoms with E-state index in [1.165, 1.54) is 19.3 Å². The SMILES string of the molecule is Cc1ccccc1NC(=O)c1cnc(N2CCCCC2)cn1. The summed E-state index contributed by atoms with van der Waals surface area (Å²) >= 11 is 0. The molecule has 1 saturated heterocycles. The van der Waals surface area contributed by atoms with Gasteiger partial charge in [0, 0.05) is 18.8 Å². The van der Waals surface area contributed by atoms with E-state index in [-0.39, 0.29) is 5.91 Å². The molecule has 5 nitrogen and oxygen atoms in total. The standard InChI is InChI=1S/C17H20N4O/c1-13-7-3-4-8-14(13)20-17(22)15-11-19-16(12-18-15)21-9-5-2-6-10-21/h3-4,7-8,11-12H,2,5-6,9-10H2,1H3,(H,20,22). The van der Waals surface area contributed by atoms with Gasteiger partial charge in [-0.15, -0.1) is 0 Å². The Balaban J connectivity index is 1.69. The monoisotopic (exact) mass is 296 g/mol. The van der Waals surface area contributed by atoms with Crippen LogP contribution in [0.2, 0.25) is 0 Å². The number of hydrogen-bond acceptors (Lipinski definition) is 4. The molecule has 1 aliphatic rings. The molecule has 0 unspecified atom stereocenters. The van der Waals surface area contributed by atoms with E-state index in [9.17, 15) is 4.79 Å². The summed E-state index contributed by atoms with van der Waals surface area (Å²) in [4.78, 5) is 23.1. The van der Waals surface area contributed by atoms with Gasteiger partial charge < -0.3 is 10.2 Å². The average molecular weight is 296 g/mol. The summed E-state index contributed by atoms with van der Waals surface area (Å²) in [7, 11) is 0. The van der Waals surface area contributed by atoms with Crippen LogP contribution in [-0.4, -0.2) is 29.0 Å². The second-order valence-electron chi connectivity index (χ2n) is 5.58. The topological polar surface area (TPSA) is 58.1 Å². The van der Waals surface area contributed by atoms with Crippen molar-refractivity contribution in [2.45, 2.75) is 26.2 Å². The number of amides is 1. The van der Waals surface area contributed by atoms with Crippen LogP contribution in [0.25, 0.3) is 0 Å². The fourth-order valence-corrected chi connectivity index (χ4v) is 2.62. The van der Waals surface area contributed by atoms with Gasteiger partial charge in [0.1, 0.15) is 11.5 Å². The minimum Gasteiger partial charge on any atom is -0.355 e. The summed E-state index contributed by atoms with van der Waals surface area (Å²) in [6, 6.07) is 7.68. The van der Waals surface area contributed by atoms with Crippen molar-refractivity contribution < 1.29 is 4.79 Å². The van der Waals surface area contributed by atoms with Gasteiger partial charge in [-0.1, -0.05) is 18.2 Å². The zero-order valence-electron chi connectivity index (χ0n) is 12.7. The van der Waals surface area contributed by atoms with E-state index >= 15 is 0 Å². The summed E-state index contributed by atoms with van der Waals surface area (Å²) in [5.41, 5.74) is 2.16. The van der Waals surface area contributed by atoms with E-state index in [0.29, 0.717) is 5.69 Å². The number of benzene rings is 1. The lowest BCUT2D eigenvalue weighted by Gasteiger charge is -2.27. The number of carbonyl (C=O) groups is 1. The van der Waals surface area contributed by atoms with Crippen molar-refractivity contribution in [3.63, 3.8) is 0 Å². The quantitative estimate of drug-likeness (QED) is 0.946. The van der Waals surface area contributed by atoms with Crippen LogP contribution < -0.4 is 10.2 Å². The van der Waals surface area contributed by atoms with Crippen molar-refractivity contribution in [2.24, 2.45) is 0 Å². The highest BCUT2D eigenvalue weighted by Gasteiger charge is 2.14. The lowest BCUT2D eigenvalue weighted by molar-refractivity contribution is 0.102. The molecule has 2 aromatic rings. The zero-order valence-corrected chi connectivity index (χ0v) is 12.7.